The van der Waals surface area contributed by atoms with E-state index in [9.17, 15) is 14.4 Å². The van der Waals surface area contributed by atoms with Crippen molar-refractivity contribution in [3.05, 3.63) is 0 Å². The molecule has 0 saturated carbocycles. The summed E-state index contributed by atoms with van der Waals surface area (Å²) < 4.78 is 0. The Hall–Kier alpha value is -1.39. The van der Waals surface area contributed by atoms with E-state index in [-0.39, 0.29) is 12.2 Å². The van der Waals surface area contributed by atoms with E-state index in [1.807, 2.05) is 6.92 Å². The average Bonchev–Trinajstić information content (AvgIpc) is 2.26. The summed E-state index contributed by atoms with van der Waals surface area (Å²) in [6.07, 6.45) is 3.00. The summed E-state index contributed by atoms with van der Waals surface area (Å²) in [4.78, 5) is 34.5. The monoisotopic (exact) mass is 256 g/mol. The van der Waals surface area contributed by atoms with E-state index in [2.05, 4.69) is 0 Å². The van der Waals surface area contributed by atoms with E-state index in [4.69, 9.17) is 11.5 Å². The number of hydrogen-bond acceptors (Lipinski definition) is 3. The molecule has 0 aromatic rings. The van der Waals surface area contributed by atoms with Gasteiger partial charge in [-0.15, -0.1) is 0 Å². The van der Waals surface area contributed by atoms with Crippen molar-refractivity contribution >= 4 is 17.6 Å². The topological polar surface area (TPSA) is 103 Å². The highest BCUT2D eigenvalue weighted by Crippen LogP contribution is 2.32. The molecule has 0 aliphatic heterocycles. The second kappa shape index (κ2) is 7.13. The van der Waals surface area contributed by atoms with Gasteiger partial charge in [-0.2, -0.15) is 0 Å². The van der Waals surface area contributed by atoms with Gasteiger partial charge < -0.3 is 11.5 Å². The van der Waals surface area contributed by atoms with E-state index in [1.54, 1.807) is 6.92 Å². The lowest BCUT2D eigenvalue weighted by atomic mass is 9.73. The molecule has 18 heavy (non-hydrogen) atoms. The second-order valence-corrected chi connectivity index (χ2v) is 4.98. The van der Waals surface area contributed by atoms with Crippen LogP contribution in [0.5, 0.6) is 0 Å². The molecule has 0 unspecified atom stereocenters. The van der Waals surface area contributed by atoms with Gasteiger partial charge in [-0.25, -0.2) is 0 Å². The number of Topliss-reactive ketones (excluding diaryl/α,β-unsaturated/α-hetero) is 1. The van der Waals surface area contributed by atoms with Crippen LogP contribution in [0.15, 0.2) is 0 Å². The number of carbonyl (C=O) groups is 3. The Morgan fingerprint density at radius 3 is 1.94 bits per heavy atom. The molecular weight excluding hydrogens is 232 g/mol. The lowest BCUT2D eigenvalue weighted by Crippen LogP contribution is -2.49. The third kappa shape index (κ3) is 4.13. The first-order chi connectivity index (χ1) is 8.27. The summed E-state index contributed by atoms with van der Waals surface area (Å²) in [7, 11) is 0. The lowest BCUT2D eigenvalue weighted by Gasteiger charge is -2.29. The van der Waals surface area contributed by atoms with Gasteiger partial charge in [0.05, 0.1) is 0 Å². The fraction of sp³-hybridized carbons (Fsp3) is 0.769. The van der Waals surface area contributed by atoms with Crippen LogP contribution in [-0.4, -0.2) is 17.6 Å². The summed E-state index contributed by atoms with van der Waals surface area (Å²) in [5.41, 5.74) is 9.32. The number of amides is 2. The predicted molar refractivity (Wildman–Crippen MR) is 69.4 cm³/mol. The normalized spacial score (nSPS) is 13.1. The highest BCUT2D eigenvalue weighted by molar-refractivity contribution is 6.04. The van der Waals surface area contributed by atoms with Gasteiger partial charge in [-0.05, 0) is 19.8 Å². The minimum Gasteiger partial charge on any atom is -0.369 e. The number of unbranched alkanes of at least 4 members (excludes halogenated alkanes) is 2. The van der Waals surface area contributed by atoms with Crippen LogP contribution in [0.1, 0.15) is 52.9 Å². The average molecular weight is 256 g/mol. The zero-order valence-corrected chi connectivity index (χ0v) is 11.5. The second-order valence-electron chi connectivity index (χ2n) is 4.98. The summed E-state index contributed by atoms with van der Waals surface area (Å²) in [5.74, 6) is -1.91. The molecule has 0 fully saturated rings. The van der Waals surface area contributed by atoms with Crippen LogP contribution < -0.4 is 11.5 Å². The van der Waals surface area contributed by atoms with Crippen molar-refractivity contribution < 1.29 is 14.4 Å². The SMILES string of the molecule is CCCCCC(C[C@H](C)C(C)=O)(C(N)=O)C(N)=O. The molecule has 0 bridgehead atoms. The van der Waals surface area contributed by atoms with Gasteiger partial charge in [0.25, 0.3) is 0 Å². The van der Waals surface area contributed by atoms with Gasteiger partial charge >= 0.3 is 0 Å². The number of ketones is 1. The first-order valence-corrected chi connectivity index (χ1v) is 6.38. The third-order valence-electron chi connectivity index (χ3n) is 3.50. The van der Waals surface area contributed by atoms with Crippen molar-refractivity contribution in [2.45, 2.75) is 52.9 Å². The molecule has 4 N–H and O–H groups in total. The minimum atomic E-state index is -1.39. The summed E-state index contributed by atoms with van der Waals surface area (Å²) in [6.45, 7) is 5.14. The fourth-order valence-corrected chi connectivity index (χ4v) is 2.01. The molecule has 0 spiro atoms. The van der Waals surface area contributed by atoms with Crippen molar-refractivity contribution in [2.75, 3.05) is 0 Å². The Morgan fingerprint density at radius 1 is 1.11 bits per heavy atom. The van der Waals surface area contributed by atoms with Gasteiger partial charge in [0, 0.05) is 5.92 Å². The largest absolute Gasteiger partial charge is 0.369 e. The van der Waals surface area contributed by atoms with Gasteiger partial charge in [0.15, 0.2) is 0 Å². The van der Waals surface area contributed by atoms with Gasteiger partial charge in [0.1, 0.15) is 11.2 Å². The Morgan fingerprint density at radius 2 is 1.61 bits per heavy atom. The number of nitrogens with two attached hydrogens (primary N) is 2. The molecule has 5 nitrogen and oxygen atoms in total. The van der Waals surface area contributed by atoms with E-state index in [0.717, 1.165) is 12.8 Å². The summed E-state index contributed by atoms with van der Waals surface area (Å²) >= 11 is 0. The summed E-state index contributed by atoms with van der Waals surface area (Å²) in [6, 6.07) is 0. The van der Waals surface area contributed by atoms with Crippen LogP contribution in [0.4, 0.5) is 0 Å². The molecule has 1 atom stereocenters. The maximum Gasteiger partial charge on any atom is 0.233 e. The molecule has 0 aromatic heterocycles. The maximum absolute atomic E-state index is 11.6. The molecule has 0 heterocycles. The molecular formula is C13H24N2O3. The predicted octanol–water partition coefficient (Wildman–Crippen LogP) is 1.14. The summed E-state index contributed by atoms with van der Waals surface area (Å²) in [5, 5.41) is 0. The molecule has 0 saturated heterocycles. The van der Waals surface area contributed by atoms with Gasteiger partial charge in [-0.1, -0.05) is 33.1 Å². The van der Waals surface area contributed by atoms with Gasteiger partial charge in [-0.3, -0.25) is 14.4 Å². The smallest absolute Gasteiger partial charge is 0.233 e. The van der Waals surface area contributed by atoms with Gasteiger partial charge in [0.2, 0.25) is 11.8 Å². The highest BCUT2D eigenvalue weighted by Gasteiger charge is 2.43. The number of carbonyl (C=O) groups excluding carboxylic acids is 3. The molecule has 0 aromatic carbocycles. The minimum absolute atomic E-state index is 0.0719. The molecule has 104 valence electrons. The quantitative estimate of drug-likeness (QED) is 0.477. The van der Waals surface area contributed by atoms with Crippen molar-refractivity contribution in [1.29, 1.82) is 0 Å². The Kier molecular flexibility index (Phi) is 6.58. The fourth-order valence-electron chi connectivity index (χ4n) is 2.01. The zero-order valence-electron chi connectivity index (χ0n) is 11.5. The Balaban J connectivity index is 5.04. The van der Waals surface area contributed by atoms with Crippen LogP contribution in [0.2, 0.25) is 0 Å². The molecule has 0 aliphatic rings. The molecule has 0 rings (SSSR count). The number of primary amides is 2. The number of hydrogen-bond donors (Lipinski definition) is 2. The van der Waals surface area contributed by atoms with E-state index < -0.39 is 23.1 Å². The highest BCUT2D eigenvalue weighted by atomic mass is 16.2. The van der Waals surface area contributed by atoms with Crippen LogP contribution in [0, 0.1) is 11.3 Å². The Labute approximate surface area is 108 Å². The Bertz CT molecular complexity index is 312. The number of rotatable bonds is 9. The van der Waals surface area contributed by atoms with Crippen molar-refractivity contribution in [3.8, 4) is 0 Å². The van der Waals surface area contributed by atoms with E-state index >= 15 is 0 Å². The molecule has 0 aliphatic carbocycles. The van der Waals surface area contributed by atoms with Crippen LogP contribution >= 0.6 is 0 Å². The van der Waals surface area contributed by atoms with Crippen LogP contribution in [-0.2, 0) is 14.4 Å². The van der Waals surface area contributed by atoms with Crippen LogP contribution in [0.25, 0.3) is 0 Å². The first-order valence-electron chi connectivity index (χ1n) is 6.38. The standard InChI is InChI=1S/C13H24N2O3/c1-4-5-6-7-13(11(14)17,12(15)18)8-9(2)10(3)16/h9H,4-8H2,1-3H3,(H2,14,17)(H2,15,18)/t9-/m0/s1. The van der Waals surface area contributed by atoms with Crippen molar-refractivity contribution in [3.63, 3.8) is 0 Å². The first kappa shape index (κ1) is 16.6. The molecule has 5 heteroatoms. The van der Waals surface area contributed by atoms with Crippen molar-refractivity contribution in [1.82, 2.24) is 0 Å². The lowest BCUT2D eigenvalue weighted by molar-refractivity contribution is -0.142. The molecule has 0 radical (unpaired) electrons. The zero-order chi connectivity index (χ0) is 14.3. The van der Waals surface area contributed by atoms with Crippen molar-refractivity contribution in [2.24, 2.45) is 22.8 Å². The molecule has 2 amide bonds. The maximum atomic E-state index is 11.6. The van der Waals surface area contributed by atoms with E-state index in [1.165, 1.54) is 6.92 Å². The third-order valence-corrected chi connectivity index (χ3v) is 3.50. The van der Waals surface area contributed by atoms with Crippen LogP contribution in [0.3, 0.4) is 0 Å². The van der Waals surface area contributed by atoms with E-state index in [0.29, 0.717) is 12.8 Å².